The van der Waals surface area contributed by atoms with Gasteiger partial charge in [-0.3, -0.25) is 9.59 Å². The summed E-state index contributed by atoms with van der Waals surface area (Å²) in [7, 11) is 0. The number of nitrogens with two attached hydrogens (primary N) is 1. The Balaban J connectivity index is 1.56. The first-order chi connectivity index (χ1) is 17.0. The SMILES string of the molecule is CC(=O)Nc1ccc(Nc2nc(-c3ccc(C(N)=O)cc3)nc3c2ncn3C2CCCCC2)cc1. The molecule has 0 spiro atoms. The first-order valence-electron chi connectivity index (χ1n) is 11.8. The van der Waals surface area contributed by atoms with Crippen LogP contribution in [0.4, 0.5) is 17.2 Å². The molecule has 2 aromatic carbocycles. The summed E-state index contributed by atoms with van der Waals surface area (Å²) in [5, 5.41) is 6.14. The van der Waals surface area contributed by atoms with Crippen molar-refractivity contribution in [1.82, 2.24) is 19.5 Å². The summed E-state index contributed by atoms with van der Waals surface area (Å²) in [6.07, 6.45) is 7.72. The van der Waals surface area contributed by atoms with Crippen molar-refractivity contribution in [2.45, 2.75) is 45.1 Å². The van der Waals surface area contributed by atoms with E-state index in [9.17, 15) is 9.59 Å². The zero-order valence-electron chi connectivity index (χ0n) is 19.5. The third kappa shape index (κ3) is 4.84. The van der Waals surface area contributed by atoms with Crippen molar-refractivity contribution in [2.24, 2.45) is 5.73 Å². The summed E-state index contributed by atoms with van der Waals surface area (Å²) in [6, 6.07) is 14.7. The quantitative estimate of drug-likeness (QED) is 0.372. The maximum absolute atomic E-state index is 11.5. The molecule has 9 nitrogen and oxygen atoms in total. The van der Waals surface area contributed by atoms with Crippen LogP contribution < -0.4 is 16.4 Å². The van der Waals surface area contributed by atoms with Gasteiger partial charge in [0.25, 0.3) is 0 Å². The number of nitrogens with one attached hydrogen (secondary N) is 2. The predicted molar refractivity (Wildman–Crippen MR) is 135 cm³/mol. The zero-order chi connectivity index (χ0) is 24.4. The molecule has 1 aliphatic carbocycles. The van der Waals surface area contributed by atoms with Crippen molar-refractivity contribution in [2.75, 3.05) is 10.6 Å². The fraction of sp³-hybridized carbons (Fsp3) is 0.269. The predicted octanol–water partition coefficient (Wildman–Crippen LogP) is 4.80. The van der Waals surface area contributed by atoms with Crippen molar-refractivity contribution in [3.8, 4) is 11.4 Å². The van der Waals surface area contributed by atoms with Crippen molar-refractivity contribution in [1.29, 1.82) is 0 Å². The molecule has 9 heteroatoms. The largest absolute Gasteiger partial charge is 0.366 e. The Bertz CT molecular complexity index is 1370. The lowest BCUT2D eigenvalue weighted by Gasteiger charge is -2.23. The van der Waals surface area contributed by atoms with Gasteiger partial charge in [-0.15, -0.1) is 0 Å². The van der Waals surface area contributed by atoms with E-state index in [1.54, 1.807) is 24.3 Å². The van der Waals surface area contributed by atoms with E-state index in [4.69, 9.17) is 15.7 Å². The normalized spacial score (nSPS) is 14.1. The molecule has 1 aliphatic rings. The highest BCUT2D eigenvalue weighted by molar-refractivity contribution is 5.93. The molecule has 4 N–H and O–H groups in total. The van der Waals surface area contributed by atoms with Gasteiger partial charge < -0.3 is 20.9 Å². The van der Waals surface area contributed by atoms with E-state index in [0.29, 0.717) is 34.5 Å². The van der Waals surface area contributed by atoms with E-state index in [2.05, 4.69) is 20.2 Å². The van der Waals surface area contributed by atoms with Gasteiger partial charge in [-0.1, -0.05) is 31.4 Å². The average molecular weight is 470 g/mol. The molecule has 2 aromatic heterocycles. The van der Waals surface area contributed by atoms with Gasteiger partial charge in [0.1, 0.15) is 0 Å². The second-order valence-corrected chi connectivity index (χ2v) is 8.84. The third-order valence-corrected chi connectivity index (χ3v) is 6.29. The maximum atomic E-state index is 11.5. The summed E-state index contributed by atoms with van der Waals surface area (Å²) >= 11 is 0. The number of carbonyl (C=O) groups is 2. The second-order valence-electron chi connectivity index (χ2n) is 8.84. The number of fused-ring (bicyclic) bond motifs is 1. The van der Waals surface area contributed by atoms with Crippen LogP contribution in [0.15, 0.2) is 54.9 Å². The third-order valence-electron chi connectivity index (χ3n) is 6.29. The van der Waals surface area contributed by atoms with Gasteiger partial charge in [-0.2, -0.15) is 0 Å². The van der Waals surface area contributed by atoms with Crippen molar-refractivity contribution >= 4 is 40.2 Å². The Labute approximate surface area is 202 Å². The number of carbonyl (C=O) groups excluding carboxylic acids is 2. The average Bonchev–Trinajstić information content (AvgIpc) is 3.30. The molecule has 0 aliphatic heterocycles. The Morgan fingerprint density at radius 2 is 1.63 bits per heavy atom. The number of amides is 2. The van der Waals surface area contributed by atoms with Crippen LogP contribution in [0.3, 0.4) is 0 Å². The molecular weight excluding hydrogens is 442 g/mol. The van der Waals surface area contributed by atoms with Gasteiger partial charge in [-0.25, -0.2) is 15.0 Å². The number of nitrogens with zero attached hydrogens (tertiary/aromatic N) is 4. The Morgan fingerprint density at radius 1 is 0.943 bits per heavy atom. The lowest BCUT2D eigenvalue weighted by molar-refractivity contribution is -0.114. The van der Waals surface area contributed by atoms with Gasteiger partial charge in [0.05, 0.1) is 6.33 Å². The molecule has 0 saturated heterocycles. The first-order valence-corrected chi connectivity index (χ1v) is 11.8. The molecule has 1 fully saturated rings. The summed E-state index contributed by atoms with van der Waals surface area (Å²) in [4.78, 5) is 37.2. The van der Waals surface area contributed by atoms with Crippen LogP contribution in [-0.2, 0) is 4.79 Å². The van der Waals surface area contributed by atoms with Gasteiger partial charge in [0.2, 0.25) is 11.8 Å². The maximum Gasteiger partial charge on any atom is 0.248 e. The summed E-state index contributed by atoms with van der Waals surface area (Å²) in [5.74, 6) is 0.520. The van der Waals surface area contributed by atoms with E-state index < -0.39 is 5.91 Å². The van der Waals surface area contributed by atoms with Crippen LogP contribution in [0, 0.1) is 0 Å². The van der Waals surface area contributed by atoms with Gasteiger partial charge in [0.15, 0.2) is 22.8 Å². The number of imidazole rings is 1. The van der Waals surface area contributed by atoms with E-state index >= 15 is 0 Å². The number of aromatic nitrogens is 4. The fourth-order valence-electron chi connectivity index (χ4n) is 4.52. The molecule has 5 rings (SSSR count). The van der Waals surface area contributed by atoms with E-state index in [1.807, 2.05) is 30.6 Å². The van der Waals surface area contributed by atoms with Crippen LogP contribution >= 0.6 is 0 Å². The highest BCUT2D eigenvalue weighted by Gasteiger charge is 2.21. The van der Waals surface area contributed by atoms with Crippen LogP contribution in [-0.4, -0.2) is 31.3 Å². The first kappa shape index (κ1) is 22.5. The number of hydrogen-bond acceptors (Lipinski definition) is 6. The number of rotatable bonds is 6. The highest BCUT2D eigenvalue weighted by atomic mass is 16.1. The Kier molecular flexibility index (Phi) is 6.13. The molecule has 4 aromatic rings. The minimum atomic E-state index is -0.478. The molecule has 2 amide bonds. The number of benzene rings is 2. The van der Waals surface area contributed by atoms with Gasteiger partial charge >= 0.3 is 0 Å². The second kappa shape index (κ2) is 9.54. The molecule has 178 valence electrons. The van der Waals surface area contributed by atoms with Crippen molar-refractivity contribution < 1.29 is 9.59 Å². The van der Waals surface area contributed by atoms with Crippen LogP contribution in [0.5, 0.6) is 0 Å². The van der Waals surface area contributed by atoms with E-state index in [1.165, 1.54) is 26.2 Å². The topological polar surface area (TPSA) is 128 Å². The lowest BCUT2D eigenvalue weighted by Crippen LogP contribution is -2.13. The minimum Gasteiger partial charge on any atom is -0.366 e. The van der Waals surface area contributed by atoms with E-state index in [0.717, 1.165) is 29.7 Å². The monoisotopic (exact) mass is 469 g/mol. The standard InChI is InChI=1S/C26H27N7O2/c1-16(34)29-19-11-13-20(14-12-19)30-25-22-26(33(15-28-22)21-5-3-2-4-6-21)32-24(31-25)18-9-7-17(8-10-18)23(27)35/h7-15,21H,2-6H2,1H3,(H2,27,35)(H,29,34)(H,30,31,32). The summed E-state index contributed by atoms with van der Waals surface area (Å²) in [6.45, 7) is 1.48. The zero-order valence-corrected chi connectivity index (χ0v) is 19.5. The molecule has 2 heterocycles. The van der Waals surface area contributed by atoms with Crippen LogP contribution in [0.25, 0.3) is 22.6 Å². The molecule has 0 radical (unpaired) electrons. The molecule has 0 unspecified atom stereocenters. The molecule has 1 saturated carbocycles. The Morgan fingerprint density at radius 3 is 2.29 bits per heavy atom. The van der Waals surface area contributed by atoms with Crippen LogP contribution in [0.1, 0.15) is 55.4 Å². The summed E-state index contributed by atoms with van der Waals surface area (Å²) in [5.41, 5.74) is 9.60. The van der Waals surface area contributed by atoms with Crippen molar-refractivity contribution in [3.63, 3.8) is 0 Å². The molecule has 0 bridgehead atoms. The fourth-order valence-corrected chi connectivity index (χ4v) is 4.52. The Hall–Kier alpha value is -4.27. The minimum absolute atomic E-state index is 0.122. The number of hydrogen-bond donors (Lipinski definition) is 3. The van der Waals surface area contributed by atoms with E-state index in [-0.39, 0.29) is 5.91 Å². The molecule has 35 heavy (non-hydrogen) atoms. The number of primary amides is 1. The molecular formula is C26H27N7O2. The van der Waals surface area contributed by atoms with Gasteiger partial charge in [0, 0.05) is 35.5 Å². The molecule has 0 atom stereocenters. The van der Waals surface area contributed by atoms with Gasteiger partial charge in [-0.05, 0) is 49.2 Å². The lowest BCUT2D eigenvalue weighted by atomic mass is 9.95. The van der Waals surface area contributed by atoms with Crippen molar-refractivity contribution in [3.05, 3.63) is 60.4 Å². The van der Waals surface area contributed by atoms with Crippen LogP contribution in [0.2, 0.25) is 0 Å². The number of anilines is 3. The summed E-state index contributed by atoms with van der Waals surface area (Å²) < 4.78 is 2.17. The smallest absolute Gasteiger partial charge is 0.248 e. The highest BCUT2D eigenvalue weighted by Crippen LogP contribution is 2.33.